The van der Waals surface area contributed by atoms with Crippen molar-refractivity contribution in [1.82, 2.24) is 9.55 Å². The van der Waals surface area contributed by atoms with Crippen molar-refractivity contribution in [2.75, 3.05) is 6.61 Å². The van der Waals surface area contributed by atoms with Crippen molar-refractivity contribution in [3.63, 3.8) is 0 Å². The van der Waals surface area contributed by atoms with E-state index in [-0.39, 0.29) is 4.77 Å². The summed E-state index contributed by atoms with van der Waals surface area (Å²) in [5.74, 6) is 1.88. The van der Waals surface area contributed by atoms with Crippen molar-refractivity contribution in [2.45, 2.75) is 24.1 Å². The van der Waals surface area contributed by atoms with E-state index in [2.05, 4.69) is 4.98 Å². The number of halogens is 1. The van der Waals surface area contributed by atoms with E-state index in [0.29, 0.717) is 4.64 Å². The summed E-state index contributed by atoms with van der Waals surface area (Å²) in [7, 11) is 0. The Kier molecular flexibility index (Phi) is 3.85. The molecule has 102 valence electrons. The topological polar surface area (TPSA) is 70.4 Å². The SMILES string of the molecule is C#C[C@@]1(F)C(O)[C@@H](CO)O[C@H]1n1ccc(=S)[nH]c1=S. The van der Waals surface area contributed by atoms with Crippen LogP contribution in [0.2, 0.25) is 0 Å². The summed E-state index contributed by atoms with van der Waals surface area (Å²) in [5.41, 5.74) is -2.48. The Bertz CT molecular complexity index is 638. The average Bonchev–Trinajstić information content (AvgIpc) is 2.63. The minimum atomic E-state index is -2.48. The van der Waals surface area contributed by atoms with Gasteiger partial charge in [-0.15, -0.1) is 6.42 Å². The van der Waals surface area contributed by atoms with E-state index in [4.69, 9.17) is 40.7 Å². The fourth-order valence-electron chi connectivity index (χ4n) is 1.94. The summed E-state index contributed by atoms with van der Waals surface area (Å²) in [4.78, 5) is 2.66. The molecular formula is C11H11FN2O3S2. The molecule has 0 saturated carbocycles. The molecule has 1 aliphatic rings. The van der Waals surface area contributed by atoms with E-state index in [1.165, 1.54) is 16.8 Å². The third-order valence-corrected chi connectivity index (χ3v) is 3.50. The highest BCUT2D eigenvalue weighted by Crippen LogP contribution is 2.41. The Morgan fingerprint density at radius 2 is 2.32 bits per heavy atom. The van der Waals surface area contributed by atoms with Crippen molar-refractivity contribution in [3.8, 4) is 12.3 Å². The summed E-state index contributed by atoms with van der Waals surface area (Å²) in [6.07, 6.45) is 2.49. The van der Waals surface area contributed by atoms with E-state index in [1.807, 2.05) is 5.92 Å². The average molecular weight is 302 g/mol. The van der Waals surface area contributed by atoms with Crippen LogP contribution in [0.3, 0.4) is 0 Å². The van der Waals surface area contributed by atoms with Crippen molar-refractivity contribution in [1.29, 1.82) is 0 Å². The first kappa shape index (κ1) is 14.3. The maximum absolute atomic E-state index is 14.7. The molecule has 0 amide bonds. The van der Waals surface area contributed by atoms with Gasteiger partial charge in [-0.05, 0) is 18.3 Å². The molecule has 1 aromatic rings. The Balaban J connectivity index is 2.52. The molecule has 1 aliphatic heterocycles. The lowest BCUT2D eigenvalue weighted by molar-refractivity contribution is -0.0534. The molecule has 2 heterocycles. The van der Waals surface area contributed by atoms with Crippen molar-refractivity contribution in [3.05, 3.63) is 21.7 Å². The van der Waals surface area contributed by atoms with E-state index in [1.54, 1.807) is 0 Å². The Labute approximate surface area is 118 Å². The van der Waals surface area contributed by atoms with Crippen LogP contribution in [0.25, 0.3) is 0 Å². The number of aromatic amines is 1. The minimum absolute atomic E-state index is 0.112. The summed E-state index contributed by atoms with van der Waals surface area (Å²) in [6, 6.07) is 1.49. The number of hydrogen-bond donors (Lipinski definition) is 3. The van der Waals surface area contributed by atoms with E-state index in [9.17, 15) is 9.50 Å². The molecule has 0 aliphatic carbocycles. The van der Waals surface area contributed by atoms with Crippen molar-refractivity contribution in [2.24, 2.45) is 0 Å². The number of ether oxygens (including phenoxy) is 1. The first-order valence-electron chi connectivity index (χ1n) is 5.36. The maximum Gasteiger partial charge on any atom is 0.243 e. The lowest BCUT2D eigenvalue weighted by Crippen LogP contribution is -2.42. The number of nitrogens with zero attached hydrogens (tertiary/aromatic N) is 1. The molecule has 1 unspecified atom stereocenters. The fourth-order valence-corrected chi connectivity index (χ4v) is 2.42. The van der Waals surface area contributed by atoms with Gasteiger partial charge in [0.15, 0.2) is 11.0 Å². The van der Waals surface area contributed by atoms with Gasteiger partial charge in [-0.3, -0.25) is 4.57 Å². The van der Waals surface area contributed by atoms with Gasteiger partial charge < -0.3 is 19.9 Å². The largest absolute Gasteiger partial charge is 0.394 e. The van der Waals surface area contributed by atoms with Crippen LogP contribution in [0, 0.1) is 21.8 Å². The summed E-state index contributed by atoms with van der Waals surface area (Å²) in [6.45, 7) is -0.554. The van der Waals surface area contributed by atoms with Gasteiger partial charge >= 0.3 is 0 Å². The highest BCUT2D eigenvalue weighted by Gasteiger charge is 2.57. The second-order valence-electron chi connectivity index (χ2n) is 4.08. The normalized spacial score (nSPS) is 34.1. The molecule has 0 bridgehead atoms. The number of aromatic nitrogens is 2. The van der Waals surface area contributed by atoms with Crippen molar-refractivity contribution < 1.29 is 19.3 Å². The van der Waals surface area contributed by atoms with Gasteiger partial charge in [-0.1, -0.05) is 18.1 Å². The lowest BCUT2D eigenvalue weighted by Gasteiger charge is -2.24. The lowest BCUT2D eigenvalue weighted by atomic mass is 9.97. The number of aliphatic hydroxyl groups excluding tert-OH is 2. The highest BCUT2D eigenvalue weighted by molar-refractivity contribution is 7.72. The number of hydrogen-bond acceptors (Lipinski definition) is 5. The van der Waals surface area contributed by atoms with Crippen LogP contribution in [0.15, 0.2) is 12.3 Å². The number of alkyl halides is 1. The van der Waals surface area contributed by atoms with Gasteiger partial charge in [0, 0.05) is 6.20 Å². The molecule has 0 radical (unpaired) electrons. The molecule has 3 N–H and O–H groups in total. The van der Waals surface area contributed by atoms with Gasteiger partial charge in [-0.25, -0.2) is 4.39 Å². The van der Waals surface area contributed by atoms with Gasteiger partial charge in [0.25, 0.3) is 0 Å². The molecule has 0 aromatic carbocycles. The molecule has 2 rings (SSSR count). The summed E-state index contributed by atoms with van der Waals surface area (Å²) >= 11 is 9.91. The van der Waals surface area contributed by atoms with Crippen LogP contribution in [-0.4, -0.2) is 44.2 Å². The molecule has 8 heteroatoms. The van der Waals surface area contributed by atoms with Gasteiger partial charge in [0.1, 0.15) is 16.8 Å². The monoisotopic (exact) mass is 302 g/mol. The Morgan fingerprint density at radius 1 is 1.63 bits per heavy atom. The van der Waals surface area contributed by atoms with Crippen LogP contribution in [0.5, 0.6) is 0 Å². The number of aliphatic hydroxyl groups is 2. The maximum atomic E-state index is 14.7. The number of rotatable bonds is 2. The van der Waals surface area contributed by atoms with E-state index >= 15 is 0 Å². The summed E-state index contributed by atoms with van der Waals surface area (Å²) < 4.78 is 21.7. The molecular weight excluding hydrogens is 291 g/mol. The van der Waals surface area contributed by atoms with E-state index in [0.717, 1.165) is 0 Å². The quantitative estimate of drug-likeness (QED) is 0.558. The zero-order valence-electron chi connectivity index (χ0n) is 9.62. The predicted molar refractivity (Wildman–Crippen MR) is 70.1 cm³/mol. The molecule has 1 saturated heterocycles. The van der Waals surface area contributed by atoms with Crippen molar-refractivity contribution >= 4 is 24.4 Å². The first-order chi connectivity index (χ1) is 8.93. The Morgan fingerprint density at radius 3 is 2.84 bits per heavy atom. The number of H-pyrrole nitrogens is 1. The number of terminal acetylenes is 1. The van der Waals surface area contributed by atoms with Gasteiger partial charge in [0.05, 0.1) is 6.61 Å². The first-order valence-corrected chi connectivity index (χ1v) is 6.18. The molecule has 19 heavy (non-hydrogen) atoms. The van der Waals surface area contributed by atoms with Gasteiger partial charge in [-0.2, -0.15) is 0 Å². The molecule has 5 nitrogen and oxygen atoms in total. The molecule has 1 aromatic heterocycles. The molecule has 4 atom stereocenters. The fraction of sp³-hybridized carbons (Fsp3) is 0.455. The standard InChI is InChI=1S/C11H11FN2O3S2/c1-2-11(12)8(16)6(5-15)17-9(11)14-4-3-7(18)13-10(14)19/h1,3-4,6,8-9,15-16H,5H2,(H,13,18,19)/t6-,8?,9-,11-/m1/s1. The van der Waals surface area contributed by atoms with Crippen LogP contribution < -0.4 is 0 Å². The smallest absolute Gasteiger partial charge is 0.243 e. The molecule has 1 fully saturated rings. The number of nitrogens with one attached hydrogen (secondary N) is 1. The zero-order valence-corrected chi connectivity index (χ0v) is 11.2. The third-order valence-electron chi connectivity index (χ3n) is 2.95. The summed E-state index contributed by atoms with van der Waals surface area (Å²) in [5, 5.41) is 18.9. The van der Waals surface area contributed by atoms with Crippen LogP contribution >= 0.6 is 24.4 Å². The minimum Gasteiger partial charge on any atom is -0.394 e. The van der Waals surface area contributed by atoms with Crippen LogP contribution in [0.1, 0.15) is 6.23 Å². The predicted octanol–water partition coefficient (Wildman–Crippen LogP) is 0.867. The van der Waals surface area contributed by atoms with Crippen LogP contribution in [-0.2, 0) is 4.74 Å². The Hall–Kier alpha value is -1.11. The highest BCUT2D eigenvalue weighted by atomic mass is 32.1. The molecule has 0 spiro atoms. The second kappa shape index (κ2) is 5.11. The van der Waals surface area contributed by atoms with E-state index < -0.39 is 30.7 Å². The second-order valence-corrected chi connectivity index (χ2v) is 4.91. The third kappa shape index (κ3) is 2.24. The van der Waals surface area contributed by atoms with Crippen LogP contribution in [0.4, 0.5) is 4.39 Å². The van der Waals surface area contributed by atoms with Gasteiger partial charge in [0.2, 0.25) is 5.67 Å². The zero-order chi connectivity index (χ0) is 14.2.